The second kappa shape index (κ2) is 8.47. The van der Waals surface area contributed by atoms with Gasteiger partial charge < -0.3 is 21.3 Å². The molecule has 0 aromatic carbocycles. The maximum Gasteiger partial charge on any atom is 0.191 e. The van der Waals surface area contributed by atoms with Crippen molar-refractivity contribution < 1.29 is 10.2 Å². The Balaban J connectivity index is 1.98. The van der Waals surface area contributed by atoms with Gasteiger partial charge in [-0.05, 0) is 19.3 Å². The summed E-state index contributed by atoms with van der Waals surface area (Å²) >= 11 is 1.58. The highest BCUT2D eigenvalue weighted by Crippen LogP contribution is 2.32. The normalized spacial score (nSPS) is 25.9. The summed E-state index contributed by atoms with van der Waals surface area (Å²) in [5.41, 5.74) is 7.03. The largest absolute Gasteiger partial charge is 0.389 e. The van der Waals surface area contributed by atoms with E-state index in [1.807, 2.05) is 0 Å². The van der Waals surface area contributed by atoms with Gasteiger partial charge in [-0.15, -0.1) is 5.10 Å². The highest BCUT2D eigenvalue weighted by molar-refractivity contribution is 7.99. The molecule has 2 aromatic rings. The van der Waals surface area contributed by atoms with Crippen molar-refractivity contribution in [3.05, 3.63) is 0 Å². The summed E-state index contributed by atoms with van der Waals surface area (Å²) in [5, 5.41) is 32.7. The highest BCUT2D eigenvalue weighted by atomic mass is 32.2. The molecule has 4 atom stereocenters. The Morgan fingerprint density at radius 1 is 1.23 bits per heavy atom. The molecule has 0 amide bonds. The van der Waals surface area contributed by atoms with Crippen molar-refractivity contribution in [3.8, 4) is 0 Å². The summed E-state index contributed by atoms with van der Waals surface area (Å²) in [6.45, 7) is 5.03. The fourth-order valence-corrected chi connectivity index (χ4v) is 3.77. The lowest BCUT2D eigenvalue weighted by Gasteiger charge is -2.16. The van der Waals surface area contributed by atoms with Crippen LogP contribution in [0.1, 0.15) is 45.6 Å². The molecule has 2 heterocycles. The van der Waals surface area contributed by atoms with Gasteiger partial charge in [0.1, 0.15) is 6.10 Å². The summed E-state index contributed by atoms with van der Waals surface area (Å²) in [5.74, 6) is 1.57. The molecule has 1 aliphatic carbocycles. The Morgan fingerprint density at radius 3 is 2.69 bits per heavy atom. The summed E-state index contributed by atoms with van der Waals surface area (Å²) in [6.07, 6.45) is 1.57. The van der Waals surface area contributed by atoms with Crippen LogP contribution in [0.2, 0.25) is 0 Å². The maximum atomic E-state index is 10.3. The molecule has 1 aliphatic rings. The molecule has 0 radical (unpaired) electrons. The van der Waals surface area contributed by atoms with E-state index < -0.39 is 24.3 Å². The number of anilines is 1. The Bertz CT molecular complexity index is 741. The zero-order valence-electron chi connectivity index (χ0n) is 15.2. The molecule has 0 saturated heterocycles. The van der Waals surface area contributed by atoms with Gasteiger partial charge in [0.2, 0.25) is 0 Å². The summed E-state index contributed by atoms with van der Waals surface area (Å²) in [7, 11) is 0. The summed E-state index contributed by atoms with van der Waals surface area (Å²) < 4.78 is 1.58. The van der Waals surface area contributed by atoms with E-state index in [-0.39, 0.29) is 0 Å². The van der Waals surface area contributed by atoms with Crippen LogP contribution in [-0.2, 0) is 0 Å². The first-order chi connectivity index (χ1) is 12.6. The lowest BCUT2D eigenvalue weighted by molar-refractivity contribution is 0.0163. The van der Waals surface area contributed by atoms with Crippen molar-refractivity contribution >= 4 is 28.7 Å². The predicted octanol–water partition coefficient (Wildman–Crippen LogP) is 0.929. The third-order valence-corrected chi connectivity index (χ3v) is 5.62. The first-order valence-corrected chi connectivity index (χ1v) is 10.2. The van der Waals surface area contributed by atoms with E-state index in [4.69, 9.17) is 5.73 Å². The fourth-order valence-electron chi connectivity index (χ4n) is 3.08. The van der Waals surface area contributed by atoms with Crippen LogP contribution in [0.15, 0.2) is 5.16 Å². The first kappa shape index (κ1) is 19.3. The van der Waals surface area contributed by atoms with Gasteiger partial charge in [-0.1, -0.05) is 37.2 Å². The Kier molecular flexibility index (Phi) is 6.28. The van der Waals surface area contributed by atoms with Crippen LogP contribution in [0.25, 0.3) is 11.2 Å². The average Bonchev–Trinajstić information content (AvgIpc) is 3.16. The minimum atomic E-state index is -0.992. The van der Waals surface area contributed by atoms with Crippen LogP contribution in [0.3, 0.4) is 0 Å². The Morgan fingerprint density at radius 2 is 2.04 bits per heavy atom. The number of fused-ring (bicyclic) bond motifs is 1. The molecule has 144 valence electrons. The zero-order chi connectivity index (χ0) is 18.7. The zero-order valence-corrected chi connectivity index (χ0v) is 16.0. The summed E-state index contributed by atoms with van der Waals surface area (Å²) in [6, 6.07) is -0.945. The smallest absolute Gasteiger partial charge is 0.191 e. The number of rotatable bonds is 8. The van der Waals surface area contributed by atoms with Crippen molar-refractivity contribution in [2.75, 3.05) is 17.6 Å². The molecule has 2 aromatic heterocycles. The van der Waals surface area contributed by atoms with E-state index in [0.717, 1.165) is 31.6 Å². The predicted molar refractivity (Wildman–Crippen MR) is 101 cm³/mol. The molecule has 26 heavy (non-hydrogen) atoms. The first-order valence-electron chi connectivity index (χ1n) is 9.18. The monoisotopic (exact) mass is 381 g/mol. The number of hydrogen-bond donors (Lipinski definition) is 4. The second-order valence-corrected chi connectivity index (χ2v) is 7.70. The molecular weight excluding hydrogens is 354 g/mol. The van der Waals surface area contributed by atoms with Crippen LogP contribution >= 0.6 is 11.8 Å². The third-order valence-electron chi connectivity index (χ3n) is 4.57. The number of aliphatic hydroxyl groups is 2. The molecule has 10 heteroatoms. The average molecular weight is 382 g/mol. The van der Waals surface area contributed by atoms with Crippen LogP contribution in [0.5, 0.6) is 0 Å². The lowest BCUT2D eigenvalue weighted by Crippen LogP contribution is -2.36. The quantitative estimate of drug-likeness (QED) is 0.299. The van der Waals surface area contributed by atoms with Crippen molar-refractivity contribution in [3.63, 3.8) is 0 Å². The number of nitrogens with zero attached hydrogens (tertiary/aromatic N) is 5. The molecule has 1 fully saturated rings. The molecule has 0 bridgehead atoms. The number of nitrogens with two attached hydrogens (primary N) is 1. The Labute approximate surface area is 156 Å². The number of aliphatic hydroxyl groups excluding tert-OH is 2. The van der Waals surface area contributed by atoms with Crippen molar-refractivity contribution in [2.45, 2.75) is 69.0 Å². The molecule has 0 aliphatic heterocycles. The van der Waals surface area contributed by atoms with E-state index in [0.29, 0.717) is 28.6 Å². The van der Waals surface area contributed by atoms with Crippen LogP contribution < -0.4 is 11.1 Å². The topological polar surface area (TPSA) is 135 Å². The van der Waals surface area contributed by atoms with Crippen molar-refractivity contribution in [1.82, 2.24) is 25.0 Å². The van der Waals surface area contributed by atoms with Gasteiger partial charge in [-0.3, -0.25) is 0 Å². The number of nitrogens with one attached hydrogen (secondary N) is 1. The van der Waals surface area contributed by atoms with Gasteiger partial charge in [0.25, 0.3) is 0 Å². The molecule has 3 unspecified atom stereocenters. The van der Waals surface area contributed by atoms with Crippen LogP contribution in [-0.4, -0.2) is 65.7 Å². The van der Waals surface area contributed by atoms with E-state index in [1.54, 1.807) is 16.4 Å². The minimum Gasteiger partial charge on any atom is -0.389 e. The van der Waals surface area contributed by atoms with Crippen molar-refractivity contribution in [2.24, 2.45) is 5.73 Å². The minimum absolute atomic E-state index is 0.417. The van der Waals surface area contributed by atoms with Gasteiger partial charge in [0, 0.05) is 18.3 Å². The molecule has 1 saturated carbocycles. The number of unbranched alkanes of at least 4 members (excludes halogenated alkanes) is 1. The van der Waals surface area contributed by atoms with Gasteiger partial charge >= 0.3 is 0 Å². The molecule has 9 nitrogen and oxygen atoms in total. The lowest BCUT2D eigenvalue weighted by atomic mass is 10.2. The SMILES string of the molecule is CCCCNc1nc(SCCC)nc2c1nnn2C1CC(N)C(O)[C@H]1O. The van der Waals surface area contributed by atoms with Crippen LogP contribution in [0, 0.1) is 0 Å². The van der Waals surface area contributed by atoms with Gasteiger partial charge in [0.05, 0.1) is 12.1 Å². The van der Waals surface area contributed by atoms with Crippen molar-refractivity contribution in [1.29, 1.82) is 0 Å². The third kappa shape index (κ3) is 3.78. The number of aromatic nitrogens is 5. The maximum absolute atomic E-state index is 10.3. The van der Waals surface area contributed by atoms with Gasteiger partial charge in [-0.25, -0.2) is 14.6 Å². The molecular formula is C16H27N7O2S. The van der Waals surface area contributed by atoms with E-state index in [1.165, 1.54) is 0 Å². The molecule has 3 rings (SSSR count). The number of thioether (sulfide) groups is 1. The molecule has 0 spiro atoms. The fraction of sp³-hybridized carbons (Fsp3) is 0.750. The summed E-state index contributed by atoms with van der Waals surface area (Å²) in [4.78, 5) is 9.19. The van der Waals surface area contributed by atoms with E-state index in [9.17, 15) is 10.2 Å². The standard InChI is InChI=1S/C16H27N7O2S/c1-3-5-6-18-14-11-15(20-16(19-14)26-7-4-2)23(22-21-11)10-8-9(17)12(24)13(10)25/h9-10,12-13,24-25H,3-8,17H2,1-2H3,(H,18,19,20)/t9?,10?,12?,13-/m0/s1. The van der Waals surface area contributed by atoms with Gasteiger partial charge in [-0.2, -0.15) is 0 Å². The highest BCUT2D eigenvalue weighted by Gasteiger charge is 2.42. The Hall–Kier alpha value is -1.49. The second-order valence-electron chi connectivity index (χ2n) is 6.64. The van der Waals surface area contributed by atoms with Gasteiger partial charge in [0.15, 0.2) is 22.1 Å². The van der Waals surface area contributed by atoms with Crippen LogP contribution in [0.4, 0.5) is 5.82 Å². The van der Waals surface area contributed by atoms with E-state index >= 15 is 0 Å². The van der Waals surface area contributed by atoms with E-state index in [2.05, 4.69) is 39.4 Å². The number of hydrogen-bond acceptors (Lipinski definition) is 9. The molecule has 5 N–H and O–H groups in total.